The SMILES string of the molecule is C[C@@H]1CC2=CC(=O)CC[C@@H]2[C@H]2CC[C@]3(C)[C@H](CO)C[C@@H]4C[C@]43[C@@H]21. The summed E-state index contributed by atoms with van der Waals surface area (Å²) < 4.78 is 0. The molecule has 4 saturated carbocycles. The minimum absolute atomic E-state index is 0.367. The third-order valence-corrected chi connectivity index (χ3v) is 9.17. The summed E-state index contributed by atoms with van der Waals surface area (Å²) in [5.41, 5.74) is 2.41. The summed E-state index contributed by atoms with van der Waals surface area (Å²) in [5, 5.41) is 9.94. The van der Waals surface area contributed by atoms with E-state index < -0.39 is 0 Å². The molecule has 23 heavy (non-hydrogen) atoms. The number of ketones is 1. The summed E-state index contributed by atoms with van der Waals surface area (Å²) >= 11 is 0. The van der Waals surface area contributed by atoms with Gasteiger partial charge < -0.3 is 5.11 Å². The lowest BCUT2D eigenvalue weighted by molar-refractivity contribution is -0.117. The van der Waals surface area contributed by atoms with Gasteiger partial charge in [-0.1, -0.05) is 19.4 Å². The normalized spacial score (nSPS) is 57.0. The Morgan fingerprint density at radius 3 is 2.96 bits per heavy atom. The van der Waals surface area contributed by atoms with Crippen LogP contribution in [0.2, 0.25) is 0 Å². The van der Waals surface area contributed by atoms with Crippen LogP contribution in [-0.2, 0) is 4.79 Å². The Bertz CT molecular complexity index is 593. The summed E-state index contributed by atoms with van der Waals surface area (Å²) in [6, 6.07) is 0. The molecule has 126 valence electrons. The van der Waals surface area contributed by atoms with E-state index in [1.165, 1.54) is 31.3 Å². The first-order valence-electron chi connectivity index (χ1n) is 9.85. The molecule has 1 spiro atoms. The van der Waals surface area contributed by atoms with Crippen LogP contribution >= 0.6 is 0 Å². The van der Waals surface area contributed by atoms with Crippen molar-refractivity contribution < 1.29 is 9.90 Å². The average molecular weight is 314 g/mol. The van der Waals surface area contributed by atoms with Crippen LogP contribution < -0.4 is 0 Å². The first-order chi connectivity index (χ1) is 11.0. The third-order valence-electron chi connectivity index (χ3n) is 9.17. The highest BCUT2D eigenvalue weighted by molar-refractivity contribution is 5.91. The second kappa shape index (κ2) is 4.50. The van der Waals surface area contributed by atoms with Gasteiger partial charge in [-0.05, 0) is 90.9 Å². The second-order valence-electron chi connectivity index (χ2n) is 9.71. The molecule has 2 heteroatoms. The molecule has 5 rings (SSSR count). The van der Waals surface area contributed by atoms with Crippen molar-refractivity contribution in [3.63, 3.8) is 0 Å². The molecular formula is C21H30O2. The van der Waals surface area contributed by atoms with Crippen LogP contribution in [0.5, 0.6) is 0 Å². The van der Waals surface area contributed by atoms with Crippen LogP contribution in [0, 0.1) is 46.3 Å². The fourth-order valence-electron chi connectivity index (χ4n) is 8.30. The van der Waals surface area contributed by atoms with Gasteiger partial charge in [0, 0.05) is 13.0 Å². The molecule has 1 N–H and O–H groups in total. The minimum atomic E-state index is 0.367. The molecule has 2 nitrogen and oxygen atoms in total. The topological polar surface area (TPSA) is 37.3 Å². The standard InChI is InChI=1S/C21H30O2/c1-12-7-13-8-16(23)3-4-17(13)18-5-6-20(2)15(11-22)9-14-10-21(14,20)19(12)18/h8,12,14-15,17-19,22H,3-7,9-11H2,1-2H3/t12-,14-,15+,17+,18-,19-,20-,21-/m1/s1. The highest BCUT2D eigenvalue weighted by atomic mass is 16.3. The quantitative estimate of drug-likeness (QED) is 0.795. The number of aliphatic hydroxyl groups excluding tert-OH is 1. The number of carbonyl (C=O) groups is 1. The Balaban J connectivity index is 1.55. The molecule has 4 fully saturated rings. The zero-order valence-corrected chi connectivity index (χ0v) is 14.6. The maximum Gasteiger partial charge on any atom is 0.155 e. The van der Waals surface area contributed by atoms with Gasteiger partial charge in [0.1, 0.15) is 0 Å². The Morgan fingerprint density at radius 2 is 2.17 bits per heavy atom. The predicted molar refractivity (Wildman–Crippen MR) is 89.6 cm³/mol. The highest BCUT2D eigenvalue weighted by Crippen LogP contribution is 2.83. The van der Waals surface area contributed by atoms with Crippen LogP contribution in [0.1, 0.15) is 58.8 Å². The molecule has 0 bridgehead atoms. The summed E-state index contributed by atoms with van der Waals surface area (Å²) in [6.45, 7) is 5.36. The fourth-order valence-corrected chi connectivity index (χ4v) is 8.30. The van der Waals surface area contributed by atoms with E-state index in [1.54, 1.807) is 0 Å². The van der Waals surface area contributed by atoms with Gasteiger partial charge in [-0.25, -0.2) is 0 Å². The summed E-state index contributed by atoms with van der Waals surface area (Å²) in [7, 11) is 0. The minimum Gasteiger partial charge on any atom is -0.396 e. The van der Waals surface area contributed by atoms with E-state index in [9.17, 15) is 9.90 Å². The van der Waals surface area contributed by atoms with Gasteiger partial charge in [-0.15, -0.1) is 0 Å². The van der Waals surface area contributed by atoms with Crippen LogP contribution in [0.25, 0.3) is 0 Å². The molecule has 5 aliphatic carbocycles. The zero-order valence-electron chi connectivity index (χ0n) is 14.6. The van der Waals surface area contributed by atoms with Crippen molar-refractivity contribution in [3.8, 4) is 0 Å². The first-order valence-corrected chi connectivity index (χ1v) is 9.85. The highest BCUT2D eigenvalue weighted by Gasteiger charge is 2.77. The smallest absolute Gasteiger partial charge is 0.155 e. The molecule has 0 aromatic carbocycles. The van der Waals surface area contributed by atoms with Crippen molar-refractivity contribution in [2.24, 2.45) is 46.3 Å². The third kappa shape index (κ3) is 1.62. The van der Waals surface area contributed by atoms with Gasteiger partial charge in [0.2, 0.25) is 0 Å². The summed E-state index contributed by atoms with van der Waals surface area (Å²) in [6.07, 6.45) is 10.4. The molecule has 0 radical (unpaired) electrons. The molecule has 0 aromatic heterocycles. The largest absolute Gasteiger partial charge is 0.396 e. The lowest BCUT2D eigenvalue weighted by Gasteiger charge is -2.58. The number of hydrogen-bond acceptors (Lipinski definition) is 2. The molecule has 5 aliphatic rings. The zero-order chi connectivity index (χ0) is 16.0. The number of fused-ring (bicyclic) bond motifs is 3. The van der Waals surface area contributed by atoms with Gasteiger partial charge in [0.15, 0.2) is 5.78 Å². The lowest BCUT2D eigenvalue weighted by Crippen LogP contribution is -2.52. The summed E-state index contributed by atoms with van der Waals surface area (Å²) in [4.78, 5) is 11.9. The molecule has 8 atom stereocenters. The van der Waals surface area contributed by atoms with Gasteiger partial charge >= 0.3 is 0 Å². The van der Waals surface area contributed by atoms with E-state index in [1.807, 2.05) is 6.08 Å². The first kappa shape index (κ1) is 14.7. The van der Waals surface area contributed by atoms with Crippen LogP contribution in [0.3, 0.4) is 0 Å². The van der Waals surface area contributed by atoms with Crippen molar-refractivity contribution in [2.75, 3.05) is 6.61 Å². The Labute approximate surface area is 139 Å². The molecule has 0 aromatic rings. The maximum atomic E-state index is 11.9. The van der Waals surface area contributed by atoms with Crippen LogP contribution in [-0.4, -0.2) is 17.5 Å². The van der Waals surface area contributed by atoms with Crippen LogP contribution in [0.4, 0.5) is 0 Å². The lowest BCUT2D eigenvalue weighted by atomic mass is 9.46. The van der Waals surface area contributed by atoms with Gasteiger partial charge in [-0.3, -0.25) is 4.79 Å². The van der Waals surface area contributed by atoms with E-state index in [2.05, 4.69) is 13.8 Å². The number of rotatable bonds is 1. The molecule has 0 amide bonds. The molecular weight excluding hydrogens is 284 g/mol. The number of hydrogen-bond donors (Lipinski definition) is 1. The van der Waals surface area contributed by atoms with E-state index >= 15 is 0 Å². The molecule has 0 saturated heterocycles. The van der Waals surface area contributed by atoms with Gasteiger partial charge in [0.25, 0.3) is 0 Å². The number of aliphatic hydroxyl groups is 1. The Kier molecular flexibility index (Phi) is 2.88. The molecule has 0 unspecified atom stereocenters. The van der Waals surface area contributed by atoms with E-state index in [4.69, 9.17) is 0 Å². The maximum absolute atomic E-state index is 11.9. The molecule has 0 heterocycles. The number of allylic oxidation sites excluding steroid dienone is 1. The second-order valence-corrected chi connectivity index (χ2v) is 9.71. The summed E-state index contributed by atoms with van der Waals surface area (Å²) in [5.74, 6) is 4.87. The van der Waals surface area contributed by atoms with Crippen molar-refractivity contribution >= 4 is 5.78 Å². The predicted octanol–water partition coefficient (Wildman–Crippen LogP) is 3.98. The van der Waals surface area contributed by atoms with Crippen LogP contribution in [0.15, 0.2) is 11.6 Å². The van der Waals surface area contributed by atoms with Gasteiger partial charge in [-0.2, -0.15) is 0 Å². The van der Waals surface area contributed by atoms with Crippen molar-refractivity contribution in [1.82, 2.24) is 0 Å². The fraction of sp³-hybridized carbons (Fsp3) is 0.857. The Morgan fingerprint density at radius 1 is 1.35 bits per heavy atom. The molecule has 0 aliphatic heterocycles. The van der Waals surface area contributed by atoms with Crippen molar-refractivity contribution in [1.29, 1.82) is 0 Å². The van der Waals surface area contributed by atoms with E-state index in [0.29, 0.717) is 35.1 Å². The van der Waals surface area contributed by atoms with Crippen molar-refractivity contribution in [2.45, 2.75) is 58.8 Å². The Hall–Kier alpha value is -0.630. The van der Waals surface area contributed by atoms with Gasteiger partial charge in [0.05, 0.1) is 0 Å². The monoisotopic (exact) mass is 314 g/mol. The van der Waals surface area contributed by atoms with E-state index in [0.717, 1.165) is 42.9 Å². The average Bonchev–Trinajstić information content (AvgIpc) is 3.17. The van der Waals surface area contributed by atoms with Crippen molar-refractivity contribution in [3.05, 3.63) is 11.6 Å². The number of carbonyl (C=O) groups excluding carboxylic acids is 1. The van der Waals surface area contributed by atoms with E-state index in [-0.39, 0.29) is 0 Å².